The Morgan fingerprint density at radius 1 is 1.24 bits per heavy atom. The zero-order chi connectivity index (χ0) is 12.3. The molecule has 0 aromatic carbocycles. The average Bonchev–Trinajstić information content (AvgIpc) is 2.55. The predicted octanol–water partition coefficient (Wildman–Crippen LogP) is 2.25. The van der Waals surface area contributed by atoms with E-state index in [-0.39, 0.29) is 16.2 Å². The summed E-state index contributed by atoms with van der Waals surface area (Å²) in [7, 11) is 0. The van der Waals surface area contributed by atoms with Gasteiger partial charge in [0.1, 0.15) is 10.3 Å². The van der Waals surface area contributed by atoms with Crippen molar-refractivity contribution < 1.29 is 9.53 Å². The standard InChI is InChI=1S/C11H12Cl2N2O2/c12-9-6-8(7-10(13)14-9)11(16)15-2-1-4-17-5-3-15/h6-7H,1-5H2. The number of rotatable bonds is 1. The highest BCUT2D eigenvalue weighted by Gasteiger charge is 2.18. The normalized spacial score (nSPS) is 16.7. The first-order chi connectivity index (χ1) is 8.16. The second-order valence-electron chi connectivity index (χ2n) is 3.76. The Morgan fingerprint density at radius 2 is 1.94 bits per heavy atom. The van der Waals surface area contributed by atoms with E-state index >= 15 is 0 Å². The average molecular weight is 275 g/mol. The number of hydrogen-bond acceptors (Lipinski definition) is 3. The van der Waals surface area contributed by atoms with Gasteiger partial charge < -0.3 is 9.64 Å². The van der Waals surface area contributed by atoms with Crippen LogP contribution in [0, 0.1) is 0 Å². The molecule has 1 aliphatic heterocycles. The molecule has 0 radical (unpaired) electrons. The number of ether oxygens (including phenoxy) is 1. The lowest BCUT2D eigenvalue weighted by atomic mass is 10.2. The number of pyridine rings is 1. The molecular weight excluding hydrogens is 263 g/mol. The van der Waals surface area contributed by atoms with Crippen LogP contribution in [0.3, 0.4) is 0 Å². The van der Waals surface area contributed by atoms with Crippen LogP contribution in [0.5, 0.6) is 0 Å². The van der Waals surface area contributed by atoms with Crippen molar-refractivity contribution in [1.29, 1.82) is 0 Å². The Morgan fingerprint density at radius 3 is 2.65 bits per heavy atom. The molecular formula is C11H12Cl2N2O2. The molecule has 17 heavy (non-hydrogen) atoms. The fourth-order valence-electron chi connectivity index (χ4n) is 1.72. The summed E-state index contributed by atoms with van der Waals surface area (Å²) >= 11 is 11.5. The minimum absolute atomic E-state index is 0.0818. The summed E-state index contributed by atoms with van der Waals surface area (Å²) in [5, 5.41) is 0.457. The highest BCUT2D eigenvalue weighted by molar-refractivity contribution is 6.33. The lowest BCUT2D eigenvalue weighted by Crippen LogP contribution is -2.33. The molecule has 1 aromatic rings. The van der Waals surface area contributed by atoms with Crippen LogP contribution >= 0.6 is 23.2 Å². The molecule has 1 saturated heterocycles. The van der Waals surface area contributed by atoms with E-state index in [1.165, 1.54) is 12.1 Å². The number of nitrogens with zero attached hydrogens (tertiary/aromatic N) is 2. The van der Waals surface area contributed by atoms with Gasteiger partial charge >= 0.3 is 0 Å². The summed E-state index contributed by atoms with van der Waals surface area (Å²) in [6.45, 7) is 2.55. The minimum Gasteiger partial charge on any atom is -0.380 e. The first kappa shape index (κ1) is 12.6. The highest BCUT2D eigenvalue weighted by atomic mass is 35.5. The van der Waals surface area contributed by atoms with E-state index in [4.69, 9.17) is 27.9 Å². The summed E-state index contributed by atoms with van der Waals surface area (Å²) in [5.41, 5.74) is 0.469. The fourth-order valence-corrected chi connectivity index (χ4v) is 2.18. The number of carbonyl (C=O) groups is 1. The maximum Gasteiger partial charge on any atom is 0.254 e. The topological polar surface area (TPSA) is 42.4 Å². The number of hydrogen-bond donors (Lipinski definition) is 0. The van der Waals surface area contributed by atoms with Crippen LogP contribution in [-0.4, -0.2) is 42.1 Å². The van der Waals surface area contributed by atoms with Crippen LogP contribution in [0.25, 0.3) is 0 Å². The van der Waals surface area contributed by atoms with Crippen molar-refractivity contribution >= 4 is 29.1 Å². The molecule has 0 saturated carbocycles. The molecule has 0 bridgehead atoms. The Balaban J connectivity index is 2.17. The maximum absolute atomic E-state index is 12.2. The molecule has 0 atom stereocenters. The monoisotopic (exact) mass is 274 g/mol. The number of aromatic nitrogens is 1. The predicted molar refractivity (Wildman–Crippen MR) is 65.6 cm³/mol. The van der Waals surface area contributed by atoms with Crippen molar-refractivity contribution in [2.45, 2.75) is 6.42 Å². The van der Waals surface area contributed by atoms with E-state index in [1.807, 2.05) is 0 Å². The first-order valence-electron chi connectivity index (χ1n) is 5.37. The van der Waals surface area contributed by atoms with Crippen LogP contribution in [0.4, 0.5) is 0 Å². The molecule has 1 aromatic heterocycles. The molecule has 1 amide bonds. The molecule has 2 heterocycles. The van der Waals surface area contributed by atoms with E-state index in [0.29, 0.717) is 31.9 Å². The highest BCUT2D eigenvalue weighted by Crippen LogP contribution is 2.16. The summed E-state index contributed by atoms with van der Waals surface area (Å²) in [6.07, 6.45) is 0.846. The second-order valence-corrected chi connectivity index (χ2v) is 4.53. The Labute approximate surface area is 109 Å². The van der Waals surface area contributed by atoms with Crippen molar-refractivity contribution in [3.63, 3.8) is 0 Å². The molecule has 0 aliphatic carbocycles. The molecule has 2 rings (SSSR count). The zero-order valence-corrected chi connectivity index (χ0v) is 10.7. The van der Waals surface area contributed by atoms with Crippen molar-refractivity contribution in [3.05, 3.63) is 28.0 Å². The van der Waals surface area contributed by atoms with Gasteiger partial charge in [-0.15, -0.1) is 0 Å². The molecule has 6 heteroatoms. The molecule has 0 unspecified atom stereocenters. The molecule has 92 valence electrons. The number of halogens is 2. The maximum atomic E-state index is 12.2. The molecule has 0 spiro atoms. The number of carbonyl (C=O) groups excluding carboxylic acids is 1. The van der Waals surface area contributed by atoms with Crippen LogP contribution in [0.1, 0.15) is 16.8 Å². The van der Waals surface area contributed by atoms with E-state index in [2.05, 4.69) is 4.98 Å². The fraction of sp³-hybridized carbons (Fsp3) is 0.455. The van der Waals surface area contributed by atoms with Gasteiger partial charge in [-0.1, -0.05) is 23.2 Å². The summed E-state index contributed by atoms with van der Waals surface area (Å²) in [4.78, 5) is 17.7. The lowest BCUT2D eigenvalue weighted by Gasteiger charge is -2.19. The minimum atomic E-state index is -0.0818. The third-order valence-electron chi connectivity index (χ3n) is 2.52. The van der Waals surface area contributed by atoms with Crippen molar-refractivity contribution in [2.75, 3.05) is 26.3 Å². The lowest BCUT2D eigenvalue weighted by molar-refractivity contribution is 0.0741. The Bertz CT molecular complexity index is 398. The third-order valence-corrected chi connectivity index (χ3v) is 2.91. The second kappa shape index (κ2) is 5.67. The zero-order valence-electron chi connectivity index (χ0n) is 9.16. The van der Waals surface area contributed by atoms with Gasteiger partial charge in [0.2, 0.25) is 0 Å². The SMILES string of the molecule is O=C(c1cc(Cl)nc(Cl)c1)N1CCCOCC1. The summed E-state index contributed by atoms with van der Waals surface area (Å²) < 4.78 is 5.30. The van der Waals surface area contributed by atoms with Crippen LogP contribution in [0.2, 0.25) is 10.3 Å². The molecule has 1 fully saturated rings. The smallest absolute Gasteiger partial charge is 0.254 e. The van der Waals surface area contributed by atoms with Gasteiger partial charge in [0, 0.05) is 25.3 Å². The van der Waals surface area contributed by atoms with Gasteiger partial charge in [0.15, 0.2) is 0 Å². The van der Waals surface area contributed by atoms with Crippen molar-refractivity contribution in [3.8, 4) is 0 Å². The summed E-state index contributed by atoms with van der Waals surface area (Å²) in [5.74, 6) is -0.0818. The molecule has 0 N–H and O–H groups in total. The van der Waals surface area contributed by atoms with E-state index in [1.54, 1.807) is 4.90 Å². The van der Waals surface area contributed by atoms with E-state index < -0.39 is 0 Å². The van der Waals surface area contributed by atoms with Gasteiger partial charge in [-0.25, -0.2) is 4.98 Å². The molecule has 4 nitrogen and oxygen atoms in total. The van der Waals surface area contributed by atoms with Gasteiger partial charge in [-0.3, -0.25) is 4.79 Å². The van der Waals surface area contributed by atoms with Gasteiger partial charge in [-0.2, -0.15) is 0 Å². The third kappa shape index (κ3) is 3.31. The number of amides is 1. The van der Waals surface area contributed by atoms with Crippen LogP contribution in [0.15, 0.2) is 12.1 Å². The molecule has 1 aliphatic rings. The van der Waals surface area contributed by atoms with Gasteiger partial charge in [0.05, 0.1) is 6.61 Å². The Kier molecular flexibility index (Phi) is 4.20. The Hall–Kier alpha value is -0.840. The largest absolute Gasteiger partial charge is 0.380 e. The van der Waals surface area contributed by atoms with Gasteiger partial charge in [-0.05, 0) is 18.6 Å². The van der Waals surface area contributed by atoms with Crippen molar-refractivity contribution in [2.24, 2.45) is 0 Å². The van der Waals surface area contributed by atoms with E-state index in [0.717, 1.165) is 6.42 Å². The van der Waals surface area contributed by atoms with Crippen molar-refractivity contribution in [1.82, 2.24) is 9.88 Å². The van der Waals surface area contributed by atoms with E-state index in [9.17, 15) is 4.79 Å². The quantitative estimate of drug-likeness (QED) is 0.738. The first-order valence-corrected chi connectivity index (χ1v) is 6.12. The van der Waals surface area contributed by atoms with Gasteiger partial charge in [0.25, 0.3) is 5.91 Å². The van der Waals surface area contributed by atoms with Crippen LogP contribution < -0.4 is 0 Å². The summed E-state index contributed by atoms with van der Waals surface area (Å²) in [6, 6.07) is 3.06. The van der Waals surface area contributed by atoms with Crippen LogP contribution in [-0.2, 0) is 4.74 Å².